The fraction of sp³-hybridized carbons (Fsp3) is 0.600. The Kier molecular flexibility index (Phi) is 6.66. The van der Waals surface area contributed by atoms with Crippen LogP contribution in [0.5, 0.6) is 0 Å². The quantitative estimate of drug-likeness (QED) is 0.730. The third-order valence-corrected chi connectivity index (χ3v) is 3.65. The van der Waals surface area contributed by atoms with Crippen molar-refractivity contribution in [2.45, 2.75) is 52.1 Å². The summed E-state index contributed by atoms with van der Waals surface area (Å²) in [7, 11) is 0. The minimum atomic E-state index is -0.759. The standard InChI is InChI=1S/C15H22ClFO/c1-3-5-6-11(4-2)9-15(18)13-10-12(16)7-8-14(13)17/h7-8,10-11,15,18H,3-6,9H2,1-2H3. The van der Waals surface area contributed by atoms with Crippen LogP contribution in [0, 0.1) is 11.7 Å². The molecule has 1 N–H and O–H groups in total. The van der Waals surface area contributed by atoms with Crippen LogP contribution in [0.3, 0.4) is 0 Å². The monoisotopic (exact) mass is 272 g/mol. The molecule has 1 aromatic carbocycles. The molecule has 0 saturated carbocycles. The summed E-state index contributed by atoms with van der Waals surface area (Å²) in [5.41, 5.74) is 0.317. The van der Waals surface area contributed by atoms with Gasteiger partial charge in [0.1, 0.15) is 5.82 Å². The Balaban J connectivity index is 2.67. The molecule has 0 saturated heterocycles. The van der Waals surface area contributed by atoms with Crippen molar-refractivity contribution in [3.05, 3.63) is 34.6 Å². The molecule has 0 amide bonds. The summed E-state index contributed by atoms with van der Waals surface area (Å²) >= 11 is 5.84. The lowest BCUT2D eigenvalue weighted by atomic mass is 9.90. The van der Waals surface area contributed by atoms with Crippen molar-refractivity contribution in [3.8, 4) is 0 Å². The van der Waals surface area contributed by atoms with E-state index in [0.717, 1.165) is 25.7 Å². The Hall–Kier alpha value is -0.600. The molecule has 102 valence electrons. The van der Waals surface area contributed by atoms with E-state index in [1.807, 2.05) is 0 Å². The second-order valence-corrected chi connectivity index (χ2v) is 5.27. The first-order valence-electron chi connectivity index (χ1n) is 6.71. The molecule has 0 radical (unpaired) electrons. The van der Waals surface area contributed by atoms with Crippen molar-refractivity contribution in [1.29, 1.82) is 0 Å². The molecule has 0 spiro atoms. The Morgan fingerprint density at radius 2 is 2.06 bits per heavy atom. The highest BCUT2D eigenvalue weighted by molar-refractivity contribution is 6.30. The van der Waals surface area contributed by atoms with E-state index in [1.54, 1.807) is 0 Å². The largest absolute Gasteiger partial charge is 0.388 e. The van der Waals surface area contributed by atoms with Crippen LogP contribution in [-0.2, 0) is 0 Å². The maximum absolute atomic E-state index is 13.6. The SMILES string of the molecule is CCCCC(CC)CC(O)c1cc(Cl)ccc1F. The number of halogens is 2. The molecule has 3 heteroatoms. The first-order chi connectivity index (χ1) is 8.58. The molecule has 1 rings (SSSR count). The van der Waals surface area contributed by atoms with Gasteiger partial charge in [0.25, 0.3) is 0 Å². The fourth-order valence-corrected chi connectivity index (χ4v) is 2.37. The van der Waals surface area contributed by atoms with Crippen molar-refractivity contribution in [3.63, 3.8) is 0 Å². The molecule has 2 atom stereocenters. The molecule has 0 bridgehead atoms. The number of rotatable bonds is 7. The minimum absolute atomic E-state index is 0.317. The molecule has 1 nitrogen and oxygen atoms in total. The van der Waals surface area contributed by atoms with Crippen LogP contribution in [0.1, 0.15) is 57.6 Å². The Bertz CT molecular complexity index is 368. The average Bonchev–Trinajstić information content (AvgIpc) is 2.37. The lowest BCUT2D eigenvalue weighted by Gasteiger charge is -2.19. The van der Waals surface area contributed by atoms with Crippen molar-refractivity contribution < 1.29 is 9.50 Å². The number of aliphatic hydroxyl groups excluding tert-OH is 1. The predicted octanol–water partition coefficient (Wildman–Crippen LogP) is 5.12. The van der Waals surface area contributed by atoms with E-state index in [4.69, 9.17) is 11.6 Å². The van der Waals surface area contributed by atoms with Gasteiger partial charge < -0.3 is 5.11 Å². The van der Waals surface area contributed by atoms with Crippen molar-refractivity contribution in [2.24, 2.45) is 5.92 Å². The number of hydrogen-bond acceptors (Lipinski definition) is 1. The van der Waals surface area contributed by atoms with Gasteiger partial charge in [-0.1, -0.05) is 51.1 Å². The van der Waals surface area contributed by atoms with E-state index < -0.39 is 6.10 Å². The molecule has 1 aromatic rings. The molecule has 0 aliphatic heterocycles. The molecular weight excluding hydrogens is 251 g/mol. The van der Waals surface area contributed by atoms with Gasteiger partial charge in [0.15, 0.2) is 0 Å². The Morgan fingerprint density at radius 3 is 2.67 bits per heavy atom. The molecule has 0 heterocycles. The predicted molar refractivity (Wildman–Crippen MR) is 74.3 cm³/mol. The van der Waals surface area contributed by atoms with Gasteiger partial charge in [-0.3, -0.25) is 0 Å². The minimum Gasteiger partial charge on any atom is -0.388 e. The maximum Gasteiger partial charge on any atom is 0.129 e. The van der Waals surface area contributed by atoms with Crippen LogP contribution < -0.4 is 0 Å². The van der Waals surface area contributed by atoms with Gasteiger partial charge in [-0.2, -0.15) is 0 Å². The maximum atomic E-state index is 13.6. The number of aliphatic hydroxyl groups is 1. The lowest BCUT2D eigenvalue weighted by molar-refractivity contribution is 0.135. The highest BCUT2D eigenvalue weighted by atomic mass is 35.5. The topological polar surface area (TPSA) is 20.2 Å². The fourth-order valence-electron chi connectivity index (χ4n) is 2.19. The summed E-state index contributed by atoms with van der Waals surface area (Å²) in [6.07, 6.45) is 4.26. The molecule has 0 aliphatic carbocycles. The van der Waals surface area contributed by atoms with Crippen LogP contribution >= 0.6 is 11.6 Å². The summed E-state index contributed by atoms with van der Waals surface area (Å²) in [6, 6.07) is 4.34. The third-order valence-electron chi connectivity index (χ3n) is 3.42. The van der Waals surface area contributed by atoms with Gasteiger partial charge in [-0.15, -0.1) is 0 Å². The summed E-state index contributed by atoms with van der Waals surface area (Å²) in [5.74, 6) is 0.0653. The summed E-state index contributed by atoms with van der Waals surface area (Å²) < 4.78 is 13.6. The third kappa shape index (κ3) is 4.58. The molecule has 18 heavy (non-hydrogen) atoms. The molecule has 0 fully saturated rings. The van der Waals surface area contributed by atoms with E-state index in [9.17, 15) is 9.50 Å². The first kappa shape index (κ1) is 15.5. The normalized spacial score (nSPS) is 14.5. The number of benzene rings is 1. The van der Waals surface area contributed by atoms with Gasteiger partial charge in [0.05, 0.1) is 6.10 Å². The summed E-state index contributed by atoms with van der Waals surface area (Å²) in [5, 5.41) is 10.6. The number of hydrogen-bond donors (Lipinski definition) is 1. The highest BCUT2D eigenvalue weighted by Gasteiger charge is 2.17. The summed E-state index contributed by atoms with van der Waals surface area (Å²) in [6.45, 7) is 4.27. The second-order valence-electron chi connectivity index (χ2n) is 4.83. The first-order valence-corrected chi connectivity index (χ1v) is 7.09. The van der Waals surface area contributed by atoms with E-state index in [0.29, 0.717) is 22.9 Å². The zero-order valence-electron chi connectivity index (χ0n) is 11.1. The average molecular weight is 273 g/mol. The van der Waals surface area contributed by atoms with Crippen LogP contribution in [0.2, 0.25) is 5.02 Å². The zero-order chi connectivity index (χ0) is 13.5. The van der Waals surface area contributed by atoms with Crippen molar-refractivity contribution in [2.75, 3.05) is 0 Å². The number of unbranched alkanes of at least 4 members (excludes halogenated alkanes) is 1. The van der Waals surface area contributed by atoms with Crippen LogP contribution in [0.4, 0.5) is 4.39 Å². The van der Waals surface area contributed by atoms with Crippen molar-refractivity contribution in [1.82, 2.24) is 0 Å². The van der Waals surface area contributed by atoms with E-state index in [2.05, 4.69) is 13.8 Å². The Labute approximate surface area is 114 Å². The van der Waals surface area contributed by atoms with Gasteiger partial charge in [0.2, 0.25) is 0 Å². The Morgan fingerprint density at radius 1 is 1.33 bits per heavy atom. The van der Waals surface area contributed by atoms with Gasteiger partial charge >= 0.3 is 0 Å². The van der Waals surface area contributed by atoms with Crippen LogP contribution in [-0.4, -0.2) is 5.11 Å². The zero-order valence-corrected chi connectivity index (χ0v) is 11.9. The molecule has 0 aliphatic rings. The lowest BCUT2D eigenvalue weighted by Crippen LogP contribution is -2.08. The highest BCUT2D eigenvalue weighted by Crippen LogP contribution is 2.29. The smallest absolute Gasteiger partial charge is 0.129 e. The molecule has 0 aromatic heterocycles. The van der Waals surface area contributed by atoms with E-state index in [1.165, 1.54) is 18.2 Å². The van der Waals surface area contributed by atoms with Crippen LogP contribution in [0.15, 0.2) is 18.2 Å². The van der Waals surface area contributed by atoms with E-state index >= 15 is 0 Å². The van der Waals surface area contributed by atoms with Gasteiger partial charge in [-0.25, -0.2) is 4.39 Å². The molecule has 2 unspecified atom stereocenters. The summed E-state index contributed by atoms with van der Waals surface area (Å²) in [4.78, 5) is 0. The second kappa shape index (κ2) is 7.75. The van der Waals surface area contributed by atoms with Gasteiger partial charge in [-0.05, 0) is 30.5 Å². The van der Waals surface area contributed by atoms with E-state index in [-0.39, 0.29) is 5.82 Å². The molecular formula is C15H22ClFO. The van der Waals surface area contributed by atoms with Gasteiger partial charge in [0, 0.05) is 10.6 Å². The van der Waals surface area contributed by atoms with Crippen molar-refractivity contribution >= 4 is 11.6 Å². The van der Waals surface area contributed by atoms with Crippen LogP contribution in [0.25, 0.3) is 0 Å².